The summed E-state index contributed by atoms with van der Waals surface area (Å²) in [5, 5.41) is 3.83. The van der Waals surface area contributed by atoms with E-state index in [9.17, 15) is 0 Å². The van der Waals surface area contributed by atoms with E-state index >= 15 is 0 Å². The second-order valence-electron chi connectivity index (χ2n) is 5.22. The first-order chi connectivity index (χ1) is 9.38. The van der Waals surface area contributed by atoms with Crippen LogP contribution in [0.2, 0.25) is 0 Å². The van der Waals surface area contributed by atoms with E-state index in [2.05, 4.69) is 49.4 Å². The highest BCUT2D eigenvalue weighted by Gasteiger charge is 2.06. The van der Waals surface area contributed by atoms with Crippen LogP contribution in [0.1, 0.15) is 38.4 Å². The average Bonchev–Trinajstić information content (AvgIpc) is 2.87. The average molecular weight is 252 g/mol. The van der Waals surface area contributed by atoms with Crippen molar-refractivity contribution in [2.24, 2.45) is 0 Å². The van der Waals surface area contributed by atoms with Gasteiger partial charge in [0, 0.05) is 11.8 Å². The largest absolute Gasteiger partial charge is 0.461 e. The third kappa shape index (κ3) is 2.51. The van der Waals surface area contributed by atoms with Crippen LogP contribution in [-0.4, -0.2) is 0 Å². The van der Waals surface area contributed by atoms with Crippen molar-refractivity contribution < 1.29 is 4.42 Å². The minimum atomic E-state index is 1.02. The van der Waals surface area contributed by atoms with Crippen LogP contribution in [0.25, 0.3) is 21.7 Å². The van der Waals surface area contributed by atoms with Crippen molar-refractivity contribution in [2.45, 2.75) is 39.0 Å². The SMILES string of the molecule is CCCCCCc1cc2c(ccc3ccccc32)o1. The maximum Gasteiger partial charge on any atom is 0.134 e. The summed E-state index contributed by atoms with van der Waals surface area (Å²) in [5.41, 5.74) is 1.02. The van der Waals surface area contributed by atoms with Gasteiger partial charge in [-0.25, -0.2) is 0 Å². The second-order valence-corrected chi connectivity index (χ2v) is 5.22. The minimum Gasteiger partial charge on any atom is -0.461 e. The second kappa shape index (κ2) is 5.48. The third-order valence-electron chi connectivity index (χ3n) is 3.75. The summed E-state index contributed by atoms with van der Waals surface area (Å²) >= 11 is 0. The van der Waals surface area contributed by atoms with Gasteiger partial charge in [0.15, 0.2) is 0 Å². The van der Waals surface area contributed by atoms with Gasteiger partial charge in [0.05, 0.1) is 0 Å². The van der Waals surface area contributed by atoms with E-state index in [0.717, 1.165) is 17.8 Å². The van der Waals surface area contributed by atoms with Crippen molar-refractivity contribution in [3.05, 3.63) is 48.2 Å². The Morgan fingerprint density at radius 2 is 1.79 bits per heavy atom. The van der Waals surface area contributed by atoms with Gasteiger partial charge in [-0.05, 0) is 29.3 Å². The highest BCUT2D eigenvalue weighted by Crippen LogP contribution is 2.28. The van der Waals surface area contributed by atoms with Crippen molar-refractivity contribution in [3.8, 4) is 0 Å². The van der Waals surface area contributed by atoms with Gasteiger partial charge in [0.1, 0.15) is 11.3 Å². The zero-order valence-corrected chi connectivity index (χ0v) is 11.5. The zero-order chi connectivity index (χ0) is 13.1. The lowest BCUT2D eigenvalue weighted by atomic mass is 10.1. The van der Waals surface area contributed by atoms with Crippen molar-refractivity contribution in [1.82, 2.24) is 0 Å². The van der Waals surface area contributed by atoms with Crippen LogP contribution in [0.15, 0.2) is 46.9 Å². The number of furan rings is 1. The maximum atomic E-state index is 5.96. The van der Waals surface area contributed by atoms with E-state index in [0.29, 0.717) is 0 Å². The molecule has 1 heterocycles. The Bertz CT molecular complexity index is 678. The van der Waals surface area contributed by atoms with Gasteiger partial charge in [-0.3, -0.25) is 0 Å². The summed E-state index contributed by atoms with van der Waals surface area (Å²) in [4.78, 5) is 0. The number of hydrogen-bond donors (Lipinski definition) is 0. The van der Waals surface area contributed by atoms with E-state index in [1.807, 2.05) is 0 Å². The summed E-state index contributed by atoms with van der Waals surface area (Å²) in [6.45, 7) is 2.24. The maximum absolute atomic E-state index is 5.96. The van der Waals surface area contributed by atoms with Crippen molar-refractivity contribution in [2.75, 3.05) is 0 Å². The molecule has 3 rings (SSSR count). The van der Waals surface area contributed by atoms with Crippen molar-refractivity contribution in [1.29, 1.82) is 0 Å². The van der Waals surface area contributed by atoms with Gasteiger partial charge in [-0.2, -0.15) is 0 Å². The van der Waals surface area contributed by atoms with Crippen molar-refractivity contribution in [3.63, 3.8) is 0 Å². The lowest BCUT2D eigenvalue weighted by Crippen LogP contribution is -1.81. The molecule has 0 aliphatic rings. The Labute approximate surface area is 114 Å². The van der Waals surface area contributed by atoms with Gasteiger partial charge in [-0.1, -0.05) is 56.5 Å². The van der Waals surface area contributed by atoms with E-state index < -0.39 is 0 Å². The number of fused-ring (bicyclic) bond motifs is 3. The molecule has 1 nitrogen and oxygen atoms in total. The molecule has 0 unspecified atom stereocenters. The van der Waals surface area contributed by atoms with Gasteiger partial charge in [-0.15, -0.1) is 0 Å². The first-order valence-electron chi connectivity index (χ1n) is 7.28. The van der Waals surface area contributed by atoms with Gasteiger partial charge in [0.25, 0.3) is 0 Å². The van der Waals surface area contributed by atoms with Crippen LogP contribution in [0, 0.1) is 0 Å². The predicted octanol–water partition coefficient (Wildman–Crippen LogP) is 5.71. The number of unbranched alkanes of at least 4 members (excludes halogenated alkanes) is 3. The first kappa shape index (κ1) is 12.3. The highest BCUT2D eigenvalue weighted by molar-refractivity contribution is 6.05. The summed E-state index contributed by atoms with van der Waals surface area (Å²) in [6, 6.07) is 15.0. The van der Waals surface area contributed by atoms with Crippen LogP contribution >= 0.6 is 0 Å². The first-order valence-corrected chi connectivity index (χ1v) is 7.28. The summed E-state index contributed by atoms with van der Waals surface area (Å²) < 4.78 is 5.96. The van der Waals surface area contributed by atoms with E-state index in [1.54, 1.807) is 0 Å². The summed E-state index contributed by atoms with van der Waals surface area (Å²) in [6.07, 6.45) is 6.19. The molecule has 19 heavy (non-hydrogen) atoms. The molecule has 98 valence electrons. The number of benzene rings is 2. The predicted molar refractivity (Wildman–Crippen MR) is 81.6 cm³/mol. The molecule has 0 N–H and O–H groups in total. The Morgan fingerprint density at radius 3 is 2.68 bits per heavy atom. The van der Waals surface area contributed by atoms with E-state index in [1.165, 1.54) is 41.8 Å². The summed E-state index contributed by atoms with van der Waals surface area (Å²) in [7, 11) is 0. The van der Waals surface area contributed by atoms with Gasteiger partial charge in [0.2, 0.25) is 0 Å². The Hall–Kier alpha value is -1.76. The molecule has 1 aromatic heterocycles. The van der Waals surface area contributed by atoms with Gasteiger partial charge >= 0.3 is 0 Å². The fraction of sp³-hybridized carbons (Fsp3) is 0.333. The lowest BCUT2D eigenvalue weighted by molar-refractivity contribution is 0.527. The molecule has 0 atom stereocenters. The zero-order valence-electron chi connectivity index (χ0n) is 11.5. The highest BCUT2D eigenvalue weighted by atomic mass is 16.3. The van der Waals surface area contributed by atoms with Crippen molar-refractivity contribution >= 4 is 21.7 Å². The Balaban J connectivity index is 1.90. The molecule has 0 saturated carbocycles. The molecule has 1 heteroatoms. The van der Waals surface area contributed by atoms with Crippen LogP contribution < -0.4 is 0 Å². The van der Waals surface area contributed by atoms with E-state index in [4.69, 9.17) is 4.42 Å². The fourth-order valence-corrected chi connectivity index (χ4v) is 2.69. The molecular weight excluding hydrogens is 232 g/mol. The molecule has 0 amide bonds. The molecule has 0 saturated heterocycles. The smallest absolute Gasteiger partial charge is 0.134 e. The van der Waals surface area contributed by atoms with Gasteiger partial charge < -0.3 is 4.42 Å². The fourth-order valence-electron chi connectivity index (χ4n) is 2.69. The van der Waals surface area contributed by atoms with Crippen LogP contribution in [-0.2, 0) is 6.42 Å². The minimum absolute atomic E-state index is 1.02. The molecule has 0 fully saturated rings. The Kier molecular flexibility index (Phi) is 3.54. The van der Waals surface area contributed by atoms with E-state index in [-0.39, 0.29) is 0 Å². The lowest BCUT2D eigenvalue weighted by Gasteiger charge is -1.96. The molecule has 0 bridgehead atoms. The Morgan fingerprint density at radius 1 is 0.895 bits per heavy atom. The van der Waals surface area contributed by atoms with Crippen LogP contribution in [0.5, 0.6) is 0 Å². The van der Waals surface area contributed by atoms with Crippen LogP contribution in [0.4, 0.5) is 0 Å². The molecular formula is C18H20O. The number of aryl methyl sites for hydroxylation is 1. The summed E-state index contributed by atoms with van der Waals surface area (Å²) in [5.74, 6) is 1.13. The molecule has 0 spiro atoms. The van der Waals surface area contributed by atoms with Crippen LogP contribution in [0.3, 0.4) is 0 Å². The monoisotopic (exact) mass is 252 g/mol. The number of hydrogen-bond acceptors (Lipinski definition) is 1. The molecule has 2 aromatic carbocycles. The quantitative estimate of drug-likeness (QED) is 0.530. The normalized spacial score (nSPS) is 11.4. The topological polar surface area (TPSA) is 13.1 Å². The molecule has 0 radical (unpaired) electrons. The number of rotatable bonds is 5. The standard InChI is InChI=1S/C18H20O/c1-2-3-4-5-9-15-13-17-16-10-7-6-8-14(16)11-12-18(17)19-15/h6-8,10-13H,2-5,9H2,1H3. The molecule has 3 aromatic rings. The molecule has 0 aliphatic heterocycles. The third-order valence-corrected chi connectivity index (χ3v) is 3.75. The molecule has 0 aliphatic carbocycles.